The maximum absolute atomic E-state index is 2.46. The Kier molecular flexibility index (Phi) is 11.8. The zero-order valence-corrected chi connectivity index (χ0v) is 17.6. The number of hydrogen-bond donors (Lipinski definition) is 0. The first kappa shape index (κ1) is 21.5. The molecule has 2 heteroatoms. The lowest BCUT2D eigenvalue weighted by molar-refractivity contribution is -0.697. The van der Waals surface area contributed by atoms with Crippen LogP contribution in [0.4, 0.5) is 0 Å². The van der Waals surface area contributed by atoms with E-state index in [4.69, 9.17) is 0 Å². The molecule has 1 saturated carbocycles. The molecule has 0 atom stereocenters. The van der Waals surface area contributed by atoms with Crippen molar-refractivity contribution in [3.05, 3.63) is 18.7 Å². The van der Waals surface area contributed by atoms with Crippen LogP contribution in [0.2, 0.25) is 0 Å². The van der Waals surface area contributed by atoms with Crippen molar-refractivity contribution >= 4 is 0 Å². The van der Waals surface area contributed by atoms with E-state index in [0.29, 0.717) is 0 Å². The maximum atomic E-state index is 2.46. The van der Waals surface area contributed by atoms with Crippen LogP contribution in [0.1, 0.15) is 129 Å². The molecule has 0 N–H and O–H groups in total. The summed E-state index contributed by atoms with van der Waals surface area (Å²) in [5.74, 6) is 0. The quantitative estimate of drug-likeness (QED) is 0.215. The Hall–Kier alpha value is -0.790. The summed E-state index contributed by atoms with van der Waals surface area (Å²) < 4.78 is 4.86. The van der Waals surface area contributed by atoms with Crippen LogP contribution in [0, 0.1) is 0 Å². The van der Waals surface area contributed by atoms with Crippen molar-refractivity contribution in [3.63, 3.8) is 0 Å². The lowest BCUT2D eigenvalue weighted by Crippen LogP contribution is -2.31. The predicted octanol–water partition coefficient (Wildman–Crippen LogP) is 7.37. The van der Waals surface area contributed by atoms with Crippen molar-refractivity contribution in [1.82, 2.24) is 4.57 Å². The molecule has 0 spiro atoms. The fraction of sp³-hybridized carbons (Fsp3) is 0.875. The van der Waals surface area contributed by atoms with E-state index in [2.05, 4.69) is 34.8 Å². The molecule has 1 aliphatic rings. The molecule has 1 fully saturated rings. The third kappa shape index (κ3) is 9.24. The van der Waals surface area contributed by atoms with Crippen LogP contribution in [0.25, 0.3) is 0 Å². The number of aromatic nitrogens is 2. The van der Waals surface area contributed by atoms with Crippen LogP contribution in [0.5, 0.6) is 0 Å². The highest BCUT2D eigenvalue weighted by atomic mass is 15.1. The Bertz CT molecular complexity index is 431. The third-order valence-corrected chi connectivity index (χ3v) is 6.23. The van der Waals surface area contributed by atoms with E-state index < -0.39 is 0 Å². The molecule has 0 aliphatic heterocycles. The number of nitrogens with zero attached hydrogens (tertiary/aromatic N) is 2. The lowest BCUT2D eigenvalue weighted by Gasteiger charge is -2.04. The normalized spacial score (nSPS) is 15.1. The minimum absolute atomic E-state index is 0.785. The average Bonchev–Trinajstić information content (AvgIpc) is 3.33. The number of hydrogen-bond acceptors (Lipinski definition) is 0. The molecule has 0 amide bonds. The highest BCUT2D eigenvalue weighted by molar-refractivity contribution is 4.79. The van der Waals surface area contributed by atoms with E-state index in [1.165, 1.54) is 122 Å². The van der Waals surface area contributed by atoms with Gasteiger partial charge in [-0.15, -0.1) is 0 Å². The van der Waals surface area contributed by atoms with Crippen molar-refractivity contribution in [3.8, 4) is 0 Å². The largest absolute Gasteiger partial charge is 0.243 e. The minimum Gasteiger partial charge on any atom is -0.237 e. The average molecular weight is 362 g/mol. The van der Waals surface area contributed by atoms with Crippen molar-refractivity contribution in [1.29, 1.82) is 0 Å². The summed E-state index contributed by atoms with van der Waals surface area (Å²) in [5.41, 5.74) is 0. The second-order valence-corrected chi connectivity index (χ2v) is 8.63. The van der Waals surface area contributed by atoms with Crippen molar-refractivity contribution in [2.24, 2.45) is 0 Å². The summed E-state index contributed by atoms with van der Waals surface area (Å²) in [7, 11) is 0. The summed E-state index contributed by atoms with van der Waals surface area (Å²) >= 11 is 0. The van der Waals surface area contributed by atoms with E-state index in [1.807, 2.05) is 0 Å². The molecule has 1 aromatic heterocycles. The van der Waals surface area contributed by atoms with E-state index in [-0.39, 0.29) is 0 Å². The van der Waals surface area contributed by atoms with Gasteiger partial charge in [0.1, 0.15) is 18.4 Å². The standard InChI is InChI=1S/C24H45N2/c1-2-3-4-5-6-7-8-9-10-11-12-13-14-17-20-25-21-22-26(23-25)24-18-15-16-19-24/h21-24H,2-20H2,1H3/q+1. The molecular weight excluding hydrogens is 316 g/mol. The SMILES string of the molecule is CCCCCCCCCCCCCCCC[n+]1ccn(C2CCCC2)c1. The van der Waals surface area contributed by atoms with Crippen molar-refractivity contribution in [2.75, 3.05) is 0 Å². The van der Waals surface area contributed by atoms with E-state index >= 15 is 0 Å². The summed E-state index contributed by atoms with van der Waals surface area (Å²) in [6.07, 6.45) is 32.7. The first-order chi connectivity index (χ1) is 12.9. The Morgan fingerprint density at radius 2 is 1.23 bits per heavy atom. The van der Waals surface area contributed by atoms with E-state index in [9.17, 15) is 0 Å². The smallest absolute Gasteiger partial charge is 0.237 e. The fourth-order valence-corrected chi connectivity index (χ4v) is 4.45. The van der Waals surface area contributed by atoms with E-state index in [1.54, 1.807) is 0 Å². The number of imidazole rings is 1. The van der Waals surface area contributed by atoms with Gasteiger partial charge in [0, 0.05) is 0 Å². The van der Waals surface area contributed by atoms with Gasteiger partial charge in [0.2, 0.25) is 6.33 Å². The maximum Gasteiger partial charge on any atom is 0.243 e. The van der Waals surface area contributed by atoms with Gasteiger partial charge in [-0.25, -0.2) is 9.13 Å². The minimum atomic E-state index is 0.785. The van der Waals surface area contributed by atoms with Gasteiger partial charge in [-0.2, -0.15) is 0 Å². The van der Waals surface area contributed by atoms with Gasteiger partial charge in [0.25, 0.3) is 0 Å². The van der Waals surface area contributed by atoms with Gasteiger partial charge in [-0.05, 0) is 38.5 Å². The molecule has 1 heterocycles. The van der Waals surface area contributed by atoms with Crippen LogP contribution in [0.3, 0.4) is 0 Å². The highest BCUT2D eigenvalue weighted by Gasteiger charge is 2.21. The van der Waals surface area contributed by atoms with Gasteiger partial charge in [-0.3, -0.25) is 0 Å². The van der Waals surface area contributed by atoms with Crippen LogP contribution >= 0.6 is 0 Å². The molecule has 0 saturated heterocycles. The third-order valence-electron chi connectivity index (χ3n) is 6.23. The molecule has 0 aromatic carbocycles. The molecule has 0 radical (unpaired) electrons. The fourth-order valence-electron chi connectivity index (χ4n) is 4.45. The predicted molar refractivity (Wildman–Crippen MR) is 112 cm³/mol. The van der Waals surface area contributed by atoms with E-state index in [0.717, 1.165) is 6.04 Å². The van der Waals surface area contributed by atoms with Crippen LogP contribution in [0.15, 0.2) is 18.7 Å². The first-order valence-electron chi connectivity index (χ1n) is 12.0. The Morgan fingerprint density at radius 1 is 0.731 bits per heavy atom. The number of rotatable bonds is 16. The molecule has 0 unspecified atom stereocenters. The summed E-state index contributed by atoms with van der Waals surface area (Å²) in [5, 5.41) is 0. The van der Waals surface area contributed by atoms with Crippen molar-refractivity contribution in [2.45, 2.75) is 135 Å². The lowest BCUT2D eigenvalue weighted by atomic mass is 10.0. The second-order valence-electron chi connectivity index (χ2n) is 8.63. The Labute approximate surface area is 163 Å². The van der Waals surface area contributed by atoms with Gasteiger partial charge in [0.05, 0.1) is 6.54 Å². The first-order valence-corrected chi connectivity index (χ1v) is 12.0. The molecule has 0 bridgehead atoms. The van der Waals surface area contributed by atoms with Crippen LogP contribution in [-0.4, -0.2) is 4.57 Å². The topological polar surface area (TPSA) is 8.81 Å². The molecular formula is C24H45N2+. The zero-order chi connectivity index (χ0) is 18.3. The van der Waals surface area contributed by atoms with Crippen molar-refractivity contribution < 1.29 is 4.57 Å². The number of unbranched alkanes of at least 4 members (excludes halogenated alkanes) is 13. The van der Waals surface area contributed by atoms with Gasteiger partial charge in [0.15, 0.2) is 0 Å². The monoisotopic (exact) mass is 361 g/mol. The molecule has 2 rings (SSSR count). The van der Waals surface area contributed by atoms with Crippen LogP contribution in [-0.2, 0) is 6.54 Å². The summed E-state index contributed by atoms with van der Waals surface area (Å²) in [6, 6.07) is 0.785. The molecule has 2 nitrogen and oxygen atoms in total. The van der Waals surface area contributed by atoms with Gasteiger partial charge < -0.3 is 0 Å². The van der Waals surface area contributed by atoms with Gasteiger partial charge in [-0.1, -0.05) is 84.0 Å². The van der Waals surface area contributed by atoms with Gasteiger partial charge >= 0.3 is 0 Å². The number of aryl methyl sites for hydroxylation is 1. The summed E-state index contributed by atoms with van der Waals surface area (Å²) in [4.78, 5) is 0. The zero-order valence-electron chi connectivity index (χ0n) is 17.6. The van der Waals surface area contributed by atoms with Crippen LogP contribution < -0.4 is 4.57 Å². The molecule has 1 aliphatic carbocycles. The Morgan fingerprint density at radius 3 is 1.77 bits per heavy atom. The molecule has 150 valence electrons. The highest BCUT2D eigenvalue weighted by Crippen LogP contribution is 2.28. The molecule has 1 aromatic rings. The second kappa shape index (κ2) is 14.3. The summed E-state index contributed by atoms with van der Waals surface area (Å²) in [6.45, 7) is 3.50. The Balaban J connectivity index is 1.34. The molecule has 26 heavy (non-hydrogen) atoms.